The lowest BCUT2D eigenvalue weighted by Gasteiger charge is -2.29. The molecule has 0 bridgehead atoms. The van der Waals surface area contributed by atoms with E-state index in [2.05, 4.69) is 21.3 Å². The standard InChI is InChI=1S/C17H16Cl2N4/c18-14-3-1-2-12-11-23(8-6-13(12)14)9-7-21-17-5-4-15(19)16(10-20)22-17/h1-5H,6-9,11H2,(H,21,22). The minimum absolute atomic E-state index is 0.248. The lowest BCUT2D eigenvalue weighted by Crippen LogP contribution is -2.34. The number of anilines is 1. The highest BCUT2D eigenvalue weighted by Crippen LogP contribution is 2.25. The van der Waals surface area contributed by atoms with Gasteiger partial charge in [0.1, 0.15) is 11.9 Å². The van der Waals surface area contributed by atoms with Crippen LogP contribution in [-0.4, -0.2) is 29.5 Å². The van der Waals surface area contributed by atoms with Crippen LogP contribution in [0, 0.1) is 11.3 Å². The van der Waals surface area contributed by atoms with Gasteiger partial charge in [-0.3, -0.25) is 4.90 Å². The van der Waals surface area contributed by atoms with E-state index in [0.29, 0.717) is 10.8 Å². The zero-order valence-corrected chi connectivity index (χ0v) is 14.0. The molecule has 0 aliphatic carbocycles. The maximum atomic E-state index is 8.94. The number of nitrogens with zero attached hydrogens (tertiary/aromatic N) is 3. The first kappa shape index (κ1) is 16.1. The Balaban J connectivity index is 1.55. The number of hydrogen-bond acceptors (Lipinski definition) is 4. The predicted octanol–water partition coefficient (Wildman–Crippen LogP) is 3.73. The monoisotopic (exact) mass is 346 g/mol. The maximum absolute atomic E-state index is 8.94. The SMILES string of the molecule is N#Cc1nc(NCCN2CCc3c(Cl)cccc3C2)ccc1Cl. The lowest BCUT2D eigenvalue weighted by molar-refractivity contribution is 0.264. The minimum atomic E-state index is 0.248. The highest BCUT2D eigenvalue weighted by molar-refractivity contribution is 6.31. The van der Waals surface area contributed by atoms with Gasteiger partial charge in [-0.05, 0) is 35.7 Å². The Morgan fingerprint density at radius 3 is 2.91 bits per heavy atom. The number of nitrogens with one attached hydrogen (secondary N) is 1. The van der Waals surface area contributed by atoms with Gasteiger partial charge in [-0.1, -0.05) is 35.3 Å². The van der Waals surface area contributed by atoms with E-state index in [4.69, 9.17) is 28.5 Å². The second-order valence-corrected chi connectivity index (χ2v) is 6.28. The van der Waals surface area contributed by atoms with Crippen LogP contribution in [0.4, 0.5) is 5.82 Å². The van der Waals surface area contributed by atoms with Crippen LogP contribution in [0.1, 0.15) is 16.8 Å². The van der Waals surface area contributed by atoms with Crippen molar-refractivity contribution in [2.45, 2.75) is 13.0 Å². The molecule has 0 fully saturated rings. The molecule has 3 rings (SSSR count). The van der Waals surface area contributed by atoms with Crippen LogP contribution in [0.5, 0.6) is 0 Å². The summed E-state index contributed by atoms with van der Waals surface area (Å²) in [6.07, 6.45) is 0.979. The van der Waals surface area contributed by atoms with Crippen molar-refractivity contribution in [1.82, 2.24) is 9.88 Å². The number of hydrogen-bond donors (Lipinski definition) is 1. The normalized spacial score (nSPS) is 14.1. The van der Waals surface area contributed by atoms with Crippen LogP contribution < -0.4 is 5.32 Å². The molecular formula is C17H16Cl2N4. The van der Waals surface area contributed by atoms with E-state index in [1.54, 1.807) is 12.1 Å². The minimum Gasteiger partial charge on any atom is -0.369 e. The van der Waals surface area contributed by atoms with E-state index in [-0.39, 0.29) is 5.69 Å². The second kappa shape index (κ2) is 7.18. The van der Waals surface area contributed by atoms with Gasteiger partial charge in [0.05, 0.1) is 5.02 Å². The summed E-state index contributed by atoms with van der Waals surface area (Å²) in [7, 11) is 0. The summed E-state index contributed by atoms with van der Waals surface area (Å²) in [5.41, 5.74) is 2.83. The van der Waals surface area contributed by atoms with Crippen molar-refractivity contribution in [3.05, 3.63) is 57.2 Å². The fourth-order valence-electron chi connectivity index (χ4n) is 2.77. The molecule has 1 aromatic carbocycles. The van der Waals surface area contributed by atoms with Gasteiger partial charge in [-0.25, -0.2) is 4.98 Å². The molecule has 1 aliphatic rings. The summed E-state index contributed by atoms with van der Waals surface area (Å²) in [6, 6.07) is 11.6. The summed E-state index contributed by atoms with van der Waals surface area (Å²) in [4.78, 5) is 6.56. The van der Waals surface area contributed by atoms with Gasteiger partial charge in [-0.15, -0.1) is 0 Å². The molecule has 0 amide bonds. The average molecular weight is 347 g/mol. The van der Waals surface area contributed by atoms with Gasteiger partial charge >= 0.3 is 0 Å². The molecule has 118 valence electrons. The molecule has 1 aromatic heterocycles. The largest absolute Gasteiger partial charge is 0.369 e. The van der Waals surface area contributed by atoms with Gasteiger partial charge in [0.2, 0.25) is 0 Å². The number of nitriles is 1. The molecule has 2 aromatic rings. The maximum Gasteiger partial charge on any atom is 0.161 e. The van der Waals surface area contributed by atoms with Crippen molar-refractivity contribution < 1.29 is 0 Å². The summed E-state index contributed by atoms with van der Waals surface area (Å²) in [5.74, 6) is 0.673. The number of rotatable bonds is 4. The van der Waals surface area contributed by atoms with Crippen molar-refractivity contribution in [1.29, 1.82) is 5.26 Å². The van der Waals surface area contributed by atoms with Crippen LogP contribution >= 0.6 is 23.2 Å². The Labute approximate surface area is 145 Å². The van der Waals surface area contributed by atoms with Crippen LogP contribution in [0.25, 0.3) is 0 Å². The molecule has 0 radical (unpaired) electrons. The van der Waals surface area contributed by atoms with Gasteiger partial charge in [0.15, 0.2) is 5.69 Å². The molecule has 0 saturated carbocycles. The van der Waals surface area contributed by atoms with Gasteiger partial charge in [0.25, 0.3) is 0 Å². The number of pyridine rings is 1. The zero-order chi connectivity index (χ0) is 16.2. The van der Waals surface area contributed by atoms with Crippen molar-refractivity contribution in [3.8, 4) is 6.07 Å². The summed E-state index contributed by atoms with van der Waals surface area (Å²) >= 11 is 12.1. The Hall–Kier alpha value is -1.80. The summed E-state index contributed by atoms with van der Waals surface area (Å²) in [5, 5.41) is 13.4. The van der Waals surface area contributed by atoms with E-state index in [1.165, 1.54) is 11.1 Å². The van der Waals surface area contributed by atoms with Gasteiger partial charge in [0, 0.05) is 31.2 Å². The lowest BCUT2D eigenvalue weighted by atomic mass is 10.00. The third kappa shape index (κ3) is 3.76. The van der Waals surface area contributed by atoms with Crippen molar-refractivity contribution in [2.24, 2.45) is 0 Å². The highest BCUT2D eigenvalue weighted by atomic mass is 35.5. The van der Waals surface area contributed by atoms with Crippen LogP contribution in [0.2, 0.25) is 10.0 Å². The molecule has 0 spiro atoms. The predicted molar refractivity (Wildman–Crippen MR) is 92.9 cm³/mol. The van der Waals surface area contributed by atoms with Crippen molar-refractivity contribution >= 4 is 29.0 Å². The van der Waals surface area contributed by atoms with E-state index >= 15 is 0 Å². The smallest absolute Gasteiger partial charge is 0.161 e. The molecule has 0 saturated heterocycles. The van der Waals surface area contributed by atoms with Crippen molar-refractivity contribution in [2.75, 3.05) is 25.0 Å². The molecule has 23 heavy (non-hydrogen) atoms. The average Bonchev–Trinajstić information content (AvgIpc) is 2.56. The summed E-state index contributed by atoms with van der Waals surface area (Å²) in [6.45, 7) is 3.57. The molecule has 1 aliphatic heterocycles. The van der Waals surface area contributed by atoms with Crippen LogP contribution in [0.15, 0.2) is 30.3 Å². The molecule has 0 atom stereocenters. The van der Waals surface area contributed by atoms with E-state index in [0.717, 1.165) is 37.6 Å². The molecule has 2 heterocycles. The van der Waals surface area contributed by atoms with Gasteiger partial charge < -0.3 is 5.32 Å². The first-order valence-electron chi connectivity index (χ1n) is 7.46. The first-order valence-corrected chi connectivity index (χ1v) is 8.22. The zero-order valence-electron chi connectivity index (χ0n) is 12.5. The summed E-state index contributed by atoms with van der Waals surface area (Å²) < 4.78 is 0. The Bertz CT molecular complexity index is 755. The molecule has 6 heteroatoms. The van der Waals surface area contributed by atoms with E-state index < -0.39 is 0 Å². The van der Waals surface area contributed by atoms with E-state index in [9.17, 15) is 0 Å². The Kier molecular flexibility index (Phi) is 5.02. The Morgan fingerprint density at radius 2 is 2.09 bits per heavy atom. The topological polar surface area (TPSA) is 52.0 Å². The molecule has 1 N–H and O–H groups in total. The molecule has 0 unspecified atom stereocenters. The first-order chi connectivity index (χ1) is 11.2. The number of aromatic nitrogens is 1. The fourth-order valence-corrected chi connectivity index (χ4v) is 3.21. The second-order valence-electron chi connectivity index (χ2n) is 5.47. The van der Waals surface area contributed by atoms with Gasteiger partial charge in [-0.2, -0.15) is 5.26 Å². The molecular weight excluding hydrogens is 331 g/mol. The molecule has 4 nitrogen and oxygen atoms in total. The van der Waals surface area contributed by atoms with Crippen LogP contribution in [-0.2, 0) is 13.0 Å². The van der Waals surface area contributed by atoms with Crippen LogP contribution in [0.3, 0.4) is 0 Å². The third-order valence-corrected chi connectivity index (χ3v) is 4.63. The highest BCUT2D eigenvalue weighted by Gasteiger charge is 2.17. The van der Waals surface area contributed by atoms with Crippen molar-refractivity contribution in [3.63, 3.8) is 0 Å². The van der Waals surface area contributed by atoms with E-state index in [1.807, 2.05) is 18.2 Å². The Morgan fingerprint density at radius 1 is 1.22 bits per heavy atom. The quantitative estimate of drug-likeness (QED) is 0.916. The third-order valence-electron chi connectivity index (χ3n) is 3.97. The fraction of sp³-hybridized carbons (Fsp3) is 0.294. The number of fused-ring (bicyclic) bond motifs is 1. The number of benzene rings is 1. The number of halogens is 2.